The Balaban J connectivity index is 1.52. The molecule has 2 aromatic heterocycles. The summed E-state index contributed by atoms with van der Waals surface area (Å²) in [5.41, 5.74) is 1.60. The van der Waals surface area contributed by atoms with Crippen molar-refractivity contribution in [2.45, 2.75) is 18.9 Å². The number of halogens is 1. The lowest BCUT2D eigenvalue weighted by Crippen LogP contribution is -2.48. The molecule has 3 aromatic rings. The van der Waals surface area contributed by atoms with Crippen LogP contribution in [-0.4, -0.2) is 51.8 Å². The van der Waals surface area contributed by atoms with Crippen molar-refractivity contribution in [3.63, 3.8) is 0 Å². The lowest BCUT2D eigenvalue weighted by Gasteiger charge is -2.37. The van der Waals surface area contributed by atoms with E-state index < -0.39 is 0 Å². The van der Waals surface area contributed by atoms with Gasteiger partial charge in [-0.05, 0) is 31.0 Å². The Kier molecular flexibility index (Phi) is 4.58. The number of aryl methyl sites for hydroxylation is 1. The van der Waals surface area contributed by atoms with Gasteiger partial charge in [-0.3, -0.25) is 9.48 Å². The Bertz CT molecular complexity index is 952. The second-order valence-corrected chi connectivity index (χ2v) is 8.11. The van der Waals surface area contributed by atoms with Gasteiger partial charge in [-0.2, -0.15) is 5.10 Å². The fourth-order valence-electron chi connectivity index (χ4n) is 3.37. The molecule has 0 spiro atoms. The summed E-state index contributed by atoms with van der Waals surface area (Å²) in [4.78, 5) is 21.6. The molecule has 1 aliphatic rings. The van der Waals surface area contributed by atoms with Crippen LogP contribution in [0.15, 0.2) is 30.6 Å². The van der Waals surface area contributed by atoms with Crippen LogP contribution in [0, 0.1) is 0 Å². The highest BCUT2D eigenvalue weighted by molar-refractivity contribution is 7.22. The summed E-state index contributed by atoms with van der Waals surface area (Å²) in [6.07, 6.45) is 5.41. The highest BCUT2D eigenvalue weighted by Crippen LogP contribution is 2.32. The van der Waals surface area contributed by atoms with Crippen LogP contribution in [0.4, 0.5) is 5.13 Å². The molecule has 1 fully saturated rings. The van der Waals surface area contributed by atoms with Crippen molar-refractivity contribution in [3.05, 3.63) is 41.2 Å². The maximum atomic E-state index is 12.7. The number of aromatic nitrogens is 3. The monoisotopic (exact) mass is 389 g/mol. The van der Waals surface area contributed by atoms with Crippen LogP contribution in [0.5, 0.6) is 0 Å². The molecule has 136 valence electrons. The zero-order valence-corrected chi connectivity index (χ0v) is 16.3. The minimum atomic E-state index is 0.0148. The molecule has 1 saturated heterocycles. The van der Waals surface area contributed by atoms with Gasteiger partial charge in [0.25, 0.3) is 5.91 Å². The number of fused-ring (bicyclic) bond motifs is 1. The number of amides is 1. The van der Waals surface area contributed by atoms with Gasteiger partial charge in [0.05, 0.1) is 22.0 Å². The molecule has 3 heterocycles. The molecule has 0 N–H and O–H groups in total. The SMILES string of the molecule is CN(C(=O)c1cnn(C)c1)C1CCCN(c2nc3ccc(Cl)cc3s2)C1. The number of hydrogen-bond donors (Lipinski definition) is 0. The van der Waals surface area contributed by atoms with Crippen LogP contribution in [0.3, 0.4) is 0 Å². The Morgan fingerprint density at radius 3 is 3.04 bits per heavy atom. The quantitative estimate of drug-likeness (QED) is 0.688. The average Bonchev–Trinajstić information content (AvgIpc) is 3.26. The molecule has 1 atom stereocenters. The summed E-state index contributed by atoms with van der Waals surface area (Å²) < 4.78 is 2.75. The van der Waals surface area contributed by atoms with Crippen LogP contribution < -0.4 is 4.90 Å². The van der Waals surface area contributed by atoms with Crippen LogP contribution in [0.1, 0.15) is 23.2 Å². The molecule has 1 aliphatic heterocycles. The molecule has 0 bridgehead atoms. The van der Waals surface area contributed by atoms with Gasteiger partial charge in [-0.1, -0.05) is 22.9 Å². The van der Waals surface area contributed by atoms with Crippen molar-refractivity contribution in [3.8, 4) is 0 Å². The van der Waals surface area contributed by atoms with E-state index >= 15 is 0 Å². The number of thiazole rings is 1. The smallest absolute Gasteiger partial charge is 0.257 e. The van der Waals surface area contributed by atoms with Gasteiger partial charge in [-0.15, -0.1) is 0 Å². The van der Waals surface area contributed by atoms with Gasteiger partial charge in [0.15, 0.2) is 5.13 Å². The number of anilines is 1. The van der Waals surface area contributed by atoms with E-state index in [0.717, 1.165) is 46.3 Å². The minimum Gasteiger partial charge on any atom is -0.346 e. The average molecular weight is 390 g/mol. The summed E-state index contributed by atoms with van der Waals surface area (Å²) in [5.74, 6) is 0.0148. The standard InChI is InChI=1S/C18H20ClN5OS/c1-22-10-12(9-20-22)17(25)23(2)14-4-3-7-24(11-14)18-21-15-6-5-13(19)8-16(15)26-18/h5-6,8-10,14H,3-4,7,11H2,1-2H3. The molecule has 26 heavy (non-hydrogen) atoms. The van der Waals surface area contributed by atoms with E-state index in [9.17, 15) is 4.79 Å². The molecule has 4 rings (SSSR count). The number of hydrogen-bond acceptors (Lipinski definition) is 5. The Morgan fingerprint density at radius 1 is 1.42 bits per heavy atom. The highest BCUT2D eigenvalue weighted by atomic mass is 35.5. The number of nitrogens with zero attached hydrogens (tertiary/aromatic N) is 5. The molecule has 6 nitrogen and oxygen atoms in total. The van der Waals surface area contributed by atoms with Crippen molar-refractivity contribution in [2.75, 3.05) is 25.0 Å². The maximum Gasteiger partial charge on any atom is 0.257 e. The van der Waals surface area contributed by atoms with Gasteiger partial charge in [-0.25, -0.2) is 4.98 Å². The van der Waals surface area contributed by atoms with Gasteiger partial charge < -0.3 is 9.80 Å². The normalized spacial score (nSPS) is 17.7. The van der Waals surface area contributed by atoms with Gasteiger partial charge in [0.1, 0.15) is 0 Å². The van der Waals surface area contributed by atoms with Crippen molar-refractivity contribution in [2.24, 2.45) is 7.05 Å². The first-order chi connectivity index (χ1) is 12.5. The Hall–Kier alpha value is -2.12. The van der Waals surface area contributed by atoms with Crippen molar-refractivity contribution in [1.82, 2.24) is 19.7 Å². The van der Waals surface area contributed by atoms with Crippen LogP contribution in [-0.2, 0) is 7.05 Å². The third-order valence-corrected chi connectivity index (χ3v) is 6.14. The summed E-state index contributed by atoms with van der Waals surface area (Å²) in [5, 5.41) is 5.82. The topological polar surface area (TPSA) is 54.3 Å². The van der Waals surface area contributed by atoms with Crippen LogP contribution in [0.2, 0.25) is 5.02 Å². The lowest BCUT2D eigenvalue weighted by molar-refractivity contribution is 0.0717. The molecule has 1 amide bonds. The molecular weight excluding hydrogens is 370 g/mol. The zero-order chi connectivity index (χ0) is 18.3. The third-order valence-electron chi connectivity index (χ3n) is 4.83. The van der Waals surface area contributed by atoms with Crippen LogP contribution in [0.25, 0.3) is 10.2 Å². The highest BCUT2D eigenvalue weighted by Gasteiger charge is 2.28. The van der Waals surface area contributed by atoms with E-state index in [1.54, 1.807) is 28.4 Å². The van der Waals surface area contributed by atoms with E-state index in [4.69, 9.17) is 16.6 Å². The number of likely N-dealkylation sites (N-methyl/N-ethyl adjacent to an activating group) is 1. The first-order valence-electron chi connectivity index (χ1n) is 8.58. The van der Waals surface area contributed by atoms with Crippen molar-refractivity contribution >= 4 is 44.2 Å². The molecule has 1 aromatic carbocycles. The molecule has 0 radical (unpaired) electrons. The summed E-state index contributed by atoms with van der Waals surface area (Å²) in [6, 6.07) is 5.94. The molecular formula is C18H20ClN5OS. The van der Waals surface area contributed by atoms with Crippen molar-refractivity contribution in [1.29, 1.82) is 0 Å². The predicted molar refractivity (Wildman–Crippen MR) is 105 cm³/mol. The summed E-state index contributed by atoms with van der Waals surface area (Å²) >= 11 is 7.74. The lowest BCUT2D eigenvalue weighted by atomic mass is 10.0. The van der Waals surface area contributed by atoms with Crippen LogP contribution >= 0.6 is 22.9 Å². The summed E-state index contributed by atoms with van der Waals surface area (Å²) in [6.45, 7) is 1.75. The zero-order valence-electron chi connectivity index (χ0n) is 14.7. The van der Waals surface area contributed by atoms with E-state index in [2.05, 4.69) is 10.00 Å². The first-order valence-corrected chi connectivity index (χ1v) is 9.77. The van der Waals surface area contributed by atoms with Gasteiger partial charge >= 0.3 is 0 Å². The van der Waals surface area contributed by atoms with Crippen molar-refractivity contribution < 1.29 is 4.79 Å². The second-order valence-electron chi connectivity index (χ2n) is 6.67. The molecule has 0 aliphatic carbocycles. The minimum absolute atomic E-state index is 0.0148. The van der Waals surface area contributed by atoms with E-state index in [1.165, 1.54) is 0 Å². The van der Waals surface area contributed by atoms with E-state index in [0.29, 0.717) is 5.56 Å². The molecule has 0 saturated carbocycles. The Labute approximate surface area is 161 Å². The summed E-state index contributed by atoms with van der Waals surface area (Å²) in [7, 11) is 3.69. The number of carbonyl (C=O) groups is 1. The van der Waals surface area contributed by atoms with E-state index in [-0.39, 0.29) is 11.9 Å². The number of benzene rings is 1. The number of rotatable bonds is 3. The fraction of sp³-hybridized carbons (Fsp3) is 0.389. The fourth-order valence-corrected chi connectivity index (χ4v) is 4.64. The van der Waals surface area contributed by atoms with Gasteiger partial charge in [0, 0.05) is 44.4 Å². The second kappa shape index (κ2) is 6.89. The Morgan fingerprint density at radius 2 is 2.27 bits per heavy atom. The third kappa shape index (κ3) is 3.29. The number of piperidine rings is 1. The maximum absolute atomic E-state index is 12.7. The molecule has 8 heteroatoms. The number of carbonyl (C=O) groups excluding carboxylic acids is 1. The first kappa shape index (κ1) is 17.3. The van der Waals surface area contributed by atoms with E-state index in [1.807, 2.05) is 37.2 Å². The predicted octanol–water partition coefficient (Wildman–Crippen LogP) is 3.42. The largest absolute Gasteiger partial charge is 0.346 e. The van der Waals surface area contributed by atoms with Gasteiger partial charge in [0.2, 0.25) is 0 Å². The molecule has 1 unspecified atom stereocenters.